The second kappa shape index (κ2) is 36.3. The van der Waals surface area contributed by atoms with E-state index >= 15 is 0 Å². The van der Waals surface area contributed by atoms with Crippen LogP contribution < -0.4 is 41.5 Å². The molecule has 6 aliphatic rings. The van der Waals surface area contributed by atoms with E-state index in [1.807, 2.05) is 121 Å². The van der Waals surface area contributed by atoms with Crippen molar-refractivity contribution in [2.75, 3.05) is 13.2 Å². The number of allylic oxidation sites excluding steroid dienone is 8. The van der Waals surface area contributed by atoms with Crippen LogP contribution in [0.25, 0.3) is 64.6 Å². The van der Waals surface area contributed by atoms with Gasteiger partial charge in [-0.15, -0.1) is 0 Å². The maximum absolute atomic E-state index is 9.38. The Hall–Kier alpha value is -9.83. The topological polar surface area (TPSA) is 129 Å². The number of fused-ring (bicyclic) bond motifs is 4. The highest BCUT2D eigenvalue weighted by Gasteiger charge is 2.80. The molecule has 4 heterocycles. The molecule has 14 nitrogen and oxygen atoms in total. The lowest BCUT2D eigenvalue weighted by atomic mass is 9.92. The van der Waals surface area contributed by atoms with Crippen LogP contribution in [-0.2, 0) is 72.1 Å². The predicted octanol–water partition coefficient (Wildman–Crippen LogP) is 19.7. The smallest absolute Gasteiger partial charge is 0.413 e. The molecule has 0 spiro atoms. The molecule has 4 unspecified atom stereocenters. The monoisotopic (exact) mass is 1880 g/mol. The molecule has 16 aromatic carbocycles. The zero-order chi connectivity index (χ0) is 87.9. The number of benzene rings is 16. The summed E-state index contributed by atoms with van der Waals surface area (Å²) < 4.78 is 124. The van der Waals surface area contributed by atoms with Gasteiger partial charge in [0.1, 0.15) is 0 Å². The first-order valence-corrected chi connectivity index (χ1v) is 66.2. The highest BCUT2D eigenvalue weighted by Crippen LogP contribution is 2.48. The minimum atomic E-state index is -5.37. The lowest BCUT2D eigenvalue weighted by Gasteiger charge is -2.58. The fourth-order valence-electron chi connectivity index (χ4n) is 19.7. The number of ether oxygens (including phenoxy) is 2. The molecule has 22 rings (SSSR count). The van der Waals surface area contributed by atoms with Crippen LogP contribution in [-0.4, -0.2) is 99.8 Å². The molecule has 4 atom stereocenters. The van der Waals surface area contributed by atoms with Gasteiger partial charge < -0.3 is 58.9 Å². The van der Waals surface area contributed by atoms with Crippen LogP contribution in [0, 0.1) is 11.8 Å². The normalized spacial score (nSPS) is 24.4. The van der Waals surface area contributed by atoms with Gasteiger partial charge in [-0.25, -0.2) is 0 Å². The Morgan fingerprint density at radius 3 is 0.815 bits per heavy atom. The van der Waals surface area contributed by atoms with E-state index < -0.39 is 86.6 Å². The first kappa shape index (κ1) is 86.9. The summed E-state index contributed by atoms with van der Waals surface area (Å²) in [6.07, 6.45) is 19.9. The fourth-order valence-corrected chi connectivity index (χ4v) is 73.6. The minimum Gasteiger partial charge on any atom is -0.413 e. The molecule has 24 heteroatoms. The summed E-state index contributed by atoms with van der Waals surface area (Å²) in [7, 11) is -47.5. The van der Waals surface area contributed by atoms with Gasteiger partial charge in [0.05, 0.1) is 13.2 Å². The van der Waals surface area contributed by atoms with Gasteiger partial charge in [-0.05, 0) is 174 Å². The number of hydrogen-bond acceptors (Lipinski definition) is 14. The third-order valence-corrected chi connectivity index (χ3v) is 68.7. The standard InChI is InChI=1S/C106H104O14Si10/c1-121(2,77-35-75-107-81-91-67-65-89-63-61-85-41-33-43-87-69-71-101(91)105(89)103(85)87)109-125(95-49-17-7-18-50-95)115-127(97-53-21-9-22-54-97)111-123(93-45-13-5-14-46-93,79-73-83-37-29-30-38-83)112-128(116-125,98-55-23-10-24-56-98)120-130(100-59-27-12-28-60-100)114-124(94-47-15-6-16-48-94,80-74-84-39-31-32-40-84)113-129(119-127,99-57-25-11-26-58-99)117-126(118-130,96-51-19-8-20-52-96)110-122(3,4)78-36-76-108-82-92-68-66-90-64-62-86-42-34-44-88-70-72-102(92)106(90)104(86)88/h5-34,37-72,83-84H,35-36,73-82H2,1-4H3. The average Bonchev–Trinajstić information content (AvgIpc) is 0.778. The predicted molar refractivity (Wildman–Crippen MR) is 543 cm³/mol. The molecule has 0 saturated carbocycles. The summed E-state index contributed by atoms with van der Waals surface area (Å²) in [5.41, 5.74) is 2.27. The summed E-state index contributed by atoms with van der Waals surface area (Å²) in [6.45, 7) is 10.8. The second-order valence-electron chi connectivity index (χ2n) is 35.9. The Kier molecular flexibility index (Phi) is 24.2. The van der Waals surface area contributed by atoms with E-state index in [-0.39, 0.29) is 11.8 Å². The van der Waals surface area contributed by atoms with Gasteiger partial charge in [-0.3, -0.25) is 0 Å². The molecule has 4 fully saturated rings. The van der Waals surface area contributed by atoms with E-state index in [2.05, 4.69) is 305 Å². The highest BCUT2D eigenvalue weighted by atomic mass is 28.6. The van der Waals surface area contributed by atoms with Gasteiger partial charge in [0.25, 0.3) is 0 Å². The summed E-state index contributed by atoms with van der Waals surface area (Å²) in [6, 6.07) is 124. The van der Waals surface area contributed by atoms with Crippen molar-refractivity contribution in [2.24, 2.45) is 11.8 Å². The highest BCUT2D eigenvalue weighted by molar-refractivity contribution is 7.11. The number of rotatable bonds is 30. The van der Waals surface area contributed by atoms with E-state index in [1.54, 1.807) is 0 Å². The van der Waals surface area contributed by atoms with Crippen molar-refractivity contribution in [1.29, 1.82) is 0 Å². The van der Waals surface area contributed by atoms with E-state index in [0.29, 0.717) is 107 Å². The van der Waals surface area contributed by atoms with Crippen LogP contribution in [0.5, 0.6) is 0 Å². The summed E-state index contributed by atoms with van der Waals surface area (Å²) in [5.74, 6) is -0.0385. The molecule has 0 radical (unpaired) electrons. The van der Waals surface area contributed by atoms with Crippen molar-refractivity contribution in [3.05, 3.63) is 412 Å². The van der Waals surface area contributed by atoms with E-state index in [4.69, 9.17) is 17.7 Å². The molecule has 0 amide bonds. The molecule has 652 valence electrons. The second-order valence-corrected chi connectivity index (χ2v) is 69.1. The van der Waals surface area contributed by atoms with Gasteiger partial charge >= 0.3 is 69.9 Å². The largest absolute Gasteiger partial charge is 0.514 e. The molecule has 130 heavy (non-hydrogen) atoms. The molecule has 4 bridgehead atoms. The first-order valence-electron chi connectivity index (χ1n) is 45.6. The molecule has 0 N–H and O–H groups in total. The fraction of sp³-hybridized carbons (Fsp3) is 0.170. The average molecular weight is 1880 g/mol. The first-order chi connectivity index (χ1) is 63.5. The molecular formula is C106H104O14Si10. The van der Waals surface area contributed by atoms with Crippen molar-refractivity contribution < 1.29 is 58.9 Å². The van der Waals surface area contributed by atoms with Crippen LogP contribution in [0.2, 0.25) is 50.4 Å². The van der Waals surface area contributed by atoms with Crippen LogP contribution in [0.3, 0.4) is 0 Å². The number of hydrogen-bond donors (Lipinski definition) is 0. The minimum absolute atomic E-state index is 0.0193. The van der Waals surface area contributed by atoms with Crippen molar-refractivity contribution in [2.45, 2.75) is 89.3 Å². The van der Waals surface area contributed by atoms with Gasteiger partial charge in [0.15, 0.2) is 16.6 Å². The quantitative estimate of drug-likeness (QED) is 0.0240. The van der Waals surface area contributed by atoms with Crippen molar-refractivity contribution in [3.63, 3.8) is 0 Å². The van der Waals surface area contributed by atoms with Gasteiger partial charge in [-0.1, -0.05) is 400 Å². The molecule has 0 aromatic heterocycles. The maximum Gasteiger partial charge on any atom is 0.514 e. The van der Waals surface area contributed by atoms with E-state index in [9.17, 15) is 41.2 Å². The Morgan fingerprint density at radius 2 is 0.515 bits per heavy atom. The van der Waals surface area contributed by atoms with Crippen molar-refractivity contribution in [1.82, 2.24) is 0 Å². The lowest BCUT2D eigenvalue weighted by Crippen LogP contribution is -2.90. The summed E-state index contributed by atoms with van der Waals surface area (Å²) in [5, 5.41) is 20.0. The Labute approximate surface area is 771 Å². The van der Waals surface area contributed by atoms with Crippen molar-refractivity contribution in [3.8, 4) is 0 Å². The van der Waals surface area contributed by atoms with Gasteiger partial charge in [-0.2, -0.15) is 0 Å². The lowest BCUT2D eigenvalue weighted by molar-refractivity contribution is 0.0665. The molecular weight excluding hydrogens is 1780 g/mol. The van der Waals surface area contributed by atoms with Crippen molar-refractivity contribution >= 4 is 193 Å². The molecule has 16 aromatic rings. The van der Waals surface area contributed by atoms with Crippen LogP contribution >= 0.6 is 0 Å². The zero-order valence-electron chi connectivity index (χ0n) is 73.5. The van der Waals surface area contributed by atoms with Crippen LogP contribution in [0.4, 0.5) is 0 Å². The van der Waals surface area contributed by atoms with Crippen LogP contribution in [0.15, 0.2) is 400 Å². The van der Waals surface area contributed by atoms with Gasteiger partial charge in [0, 0.05) is 44.3 Å². The van der Waals surface area contributed by atoms with Gasteiger partial charge in [0.2, 0.25) is 0 Å². The Balaban J connectivity index is 0.786. The molecule has 4 aliphatic heterocycles. The zero-order valence-corrected chi connectivity index (χ0v) is 83.5. The Morgan fingerprint density at radius 1 is 0.254 bits per heavy atom. The summed E-state index contributed by atoms with van der Waals surface area (Å²) >= 11 is 0. The maximum atomic E-state index is 9.38. The third kappa shape index (κ3) is 17.1. The van der Waals surface area contributed by atoms with Crippen LogP contribution in [0.1, 0.15) is 36.8 Å². The molecule has 2 aliphatic carbocycles. The van der Waals surface area contributed by atoms with E-state index in [1.165, 1.54) is 64.6 Å². The van der Waals surface area contributed by atoms with E-state index in [0.717, 1.165) is 21.5 Å². The molecule has 4 saturated heterocycles. The SMILES string of the molecule is C[Si](C)(CCCOCc1ccc2ccc3cccc4ccc1c2c34)O[Si]1(c2ccccc2)O[Si]2(c3ccccc3)O[Si](CCC3C=CC=C3)(c3ccccc3)O[Si](c3ccccc3)(O1)O[Si]1(c3ccccc3)O[Si](CCC3C=CC=C3)(c3ccccc3)O[Si](c3ccccc3)(O[Si](O[Si](C)(C)CCCOCc3ccc4ccc5cccc6ccc3c4c56)(c3ccccc3)O1)O2. The Bertz CT molecular complexity index is 6220. The summed E-state index contributed by atoms with van der Waals surface area (Å²) in [4.78, 5) is 0. The third-order valence-electron chi connectivity index (χ3n) is 26.0.